The molecule has 2 rings (SSSR count). The molecule has 1 aromatic carbocycles. The molecule has 0 atom stereocenters. The molecule has 0 N–H and O–H groups in total. The summed E-state index contributed by atoms with van der Waals surface area (Å²) in [5, 5.41) is 0.585. The van der Waals surface area contributed by atoms with Crippen LogP contribution in [-0.2, 0) is 0 Å². The monoisotopic (exact) mass is 348 g/mol. The van der Waals surface area contributed by atoms with Gasteiger partial charge in [-0.3, -0.25) is 4.79 Å². The van der Waals surface area contributed by atoms with Gasteiger partial charge in [-0.2, -0.15) is 0 Å². The molecule has 0 amide bonds. The lowest BCUT2D eigenvalue weighted by Crippen LogP contribution is -1.98. The van der Waals surface area contributed by atoms with E-state index in [1.54, 1.807) is 24.3 Å². The molecule has 5 heteroatoms. The quantitative estimate of drug-likeness (QED) is 0.667. The molecule has 0 fully saturated rings. The Hall–Kier alpha value is -0.350. The lowest BCUT2D eigenvalue weighted by atomic mass is 10.1. The number of carbonyl (C=O) groups is 1. The Morgan fingerprint density at radius 1 is 1.29 bits per heavy atom. The van der Waals surface area contributed by atoms with Crippen molar-refractivity contribution in [3.05, 3.63) is 54.1 Å². The van der Waals surface area contributed by atoms with E-state index in [0.717, 1.165) is 5.56 Å². The summed E-state index contributed by atoms with van der Waals surface area (Å²) in [5.41, 5.74) is 1.52. The molecule has 0 aliphatic rings. The molecule has 0 saturated heterocycles. The van der Waals surface area contributed by atoms with Crippen LogP contribution in [0.3, 0.4) is 0 Å². The molecule has 0 spiro atoms. The summed E-state index contributed by atoms with van der Waals surface area (Å²) in [5.74, 6) is -0.0395. The van der Waals surface area contributed by atoms with Gasteiger partial charge in [0.1, 0.15) is 0 Å². The Kier molecular flexibility index (Phi) is 3.93. The van der Waals surface area contributed by atoms with Gasteiger partial charge < -0.3 is 0 Å². The van der Waals surface area contributed by atoms with Crippen LogP contribution >= 0.6 is 50.5 Å². The molecule has 0 bridgehead atoms. The van der Waals surface area contributed by atoms with Crippen LogP contribution in [0.1, 0.15) is 20.8 Å². The van der Waals surface area contributed by atoms with E-state index in [9.17, 15) is 4.79 Å². The predicted octanol–water partition coefficient (Wildman–Crippen LogP) is 5.36. The molecular weight excluding hydrogens is 343 g/mol. The molecule has 1 aromatic heterocycles. The average molecular weight is 350 g/mol. The summed E-state index contributed by atoms with van der Waals surface area (Å²) >= 11 is 16.4. The summed E-state index contributed by atoms with van der Waals surface area (Å²) < 4.78 is 1.37. The zero-order valence-electron chi connectivity index (χ0n) is 8.76. The van der Waals surface area contributed by atoms with E-state index in [1.165, 1.54) is 11.3 Å². The van der Waals surface area contributed by atoms with Crippen molar-refractivity contribution in [2.45, 2.75) is 6.92 Å². The van der Waals surface area contributed by atoms with Crippen LogP contribution in [0.15, 0.2) is 28.7 Å². The molecule has 17 heavy (non-hydrogen) atoms. The summed E-state index contributed by atoms with van der Waals surface area (Å²) in [6.45, 7) is 1.88. The van der Waals surface area contributed by atoms with Crippen LogP contribution in [0.4, 0.5) is 0 Å². The summed E-state index contributed by atoms with van der Waals surface area (Å²) in [6.07, 6.45) is 0. The van der Waals surface area contributed by atoms with Gasteiger partial charge in [0.15, 0.2) is 0 Å². The van der Waals surface area contributed by atoms with Crippen LogP contribution in [-0.4, -0.2) is 5.78 Å². The lowest BCUT2D eigenvalue weighted by molar-refractivity contribution is 0.104. The SMILES string of the molecule is Cc1cc(C(=O)c2ccc(Cl)c(Br)c2)sc1Cl. The Balaban J connectivity index is 2.40. The van der Waals surface area contributed by atoms with Gasteiger partial charge in [-0.1, -0.05) is 23.2 Å². The van der Waals surface area contributed by atoms with Crippen LogP contribution in [0.5, 0.6) is 0 Å². The molecule has 0 aliphatic carbocycles. The van der Waals surface area contributed by atoms with Gasteiger partial charge in [-0.05, 0) is 52.7 Å². The Bertz CT molecular complexity index is 573. The molecular formula is C12H7BrCl2OS. The number of carbonyl (C=O) groups excluding carboxylic acids is 1. The smallest absolute Gasteiger partial charge is 0.203 e. The van der Waals surface area contributed by atoms with Crippen LogP contribution in [0, 0.1) is 6.92 Å². The highest BCUT2D eigenvalue weighted by Gasteiger charge is 2.14. The number of hydrogen-bond acceptors (Lipinski definition) is 2. The van der Waals surface area contributed by atoms with Gasteiger partial charge in [0.25, 0.3) is 0 Å². The maximum Gasteiger partial charge on any atom is 0.203 e. The average Bonchev–Trinajstić information content (AvgIpc) is 2.62. The van der Waals surface area contributed by atoms with E-state index in [0.29, 0.717) is 24.3 Å². The van der Waals surface area contributed by atoms with E-state index >= 15 is 0 Å². The fraction of sp³-hybridized carbons (Fsp3) is 0.0833. The number of rotatable bonds is 2. The highest BCUT2D eigenvalue weighted by Crippen LogP contribution is 2.30. The van der Waals surface area contributed by atoms with Crippen molar-refractivity contribution in [2.24, 2.45) is 0 Å². The maximum absolute atomic E-state index is 12.2. The minimum Gasteiger partial charge on any atom is -0.288 e. The highest BCUT2D eigenvalue weighted by molar-refractivity contribution is 9.10. The van der Waals surface area contributed by atoms with Crippen molar-refractivity contribution >= 4 is 56.3 Å². The van der Waals surface area contributed by atoms with Crippen molar-refractivity contribution in [3.63, 3.8) is 0 Å². The number of aryl methyl sites for hydroxylation is 1. The maximum atomic E-state index is 12.2. The molecule has 0 unspecified atom stereocenters. The number of ketones is 1. The normalized spacial score (nSPS) is 10.6. The zero-order chi connectivity index (χ0) is 12.6. The summed E-state index contributed by atoms with van der Waals surface area (Å²) in [7, 11) is 0. The van der Waals surface area contributed by atoms with Crippen LogP contribution in [0.25, 0.3) is 0 Å². The van der Waals surface area contributed by atoms with Gasteiger partial charge in [-0.25, -0.2) is 0 Å². The predicted molar refractivity (Wildman–Crippen MR) is 76.7 cm³/mol. The van der Waals surface area contributed by atoms with Crippen molar-refractivity contribution in [3.8, 4) is 0 Å². The van der Waals surface area contributed by atoms with E-state index in [1.807, 2.05) is 6.92 Å². The molecule has 0 aliphatic heterocycles. The van der Waals surface area contributed by atoms with Gasteiger partial charge in [0.2, 0.25) is 5.78 Å². The first-order valence-corrected chi connectivity index (χ1v) is 7.11. The first kappa shape index (κ1) is 13.1. The first-order chi connectivity index (χ1) is 7.99. The highest BCUT2D eigenvalue weighted by atomic mass is 79.9. The van der Waals surface area contributed by atoms with Gasteiger partial charge in [-0.15, -0.1) is 11.3 Å². The van der Waals surface area contributed by atoms with Gasteiger partial charge in [0.05, 0.1) is 14.2 Å². The third-order valence-corrected chi connectivity index (χ3v) is 5.03. The van der Waals surface area contributed by atoms with Crippen LogP contribution < -0.4 is 0 Å². The topological polar surface area (TPSA) is 17.1 Å². The van der Waals surface area contributed by atoms with Gasteiger partial charge in [0, 0.05) is 10.0 Å². The second kappa shape index (κ2) is 5.11. The van der Waals surface area contributed by atoms with Crippen molar-refractivity contribution in [1.82, 2.24) is 0 Å². The molecule has 1 nitrogen and oxygen atoms in total. The van der Waals surface area contributed by atoms with E-state index in [-0.39, 0.29) is 5.78 Å². The number of hydrogen-bond donors (Lipinski definition) is 0. The molecule has 88 valence electrons. The second-order valence-electron chi connectivity index (χ2n) is 3.53. The van der Waals surface area contributed by atoms with E-state index < -0.39 is 0 Å². The van der Waals surface area contributed by atoms with Crippen molar-refractivity contribution in [2.75, 3.05) is 0 Å². The second-order valence-corrected chi connectivity index (χ2v) is 6.44. The van der Waals surface area contributed by atoms with Crippen molar-refractivity contribution in [1.29, 1.82) is 0 Å². The Morgan fingerprint density at radius 3 is 2.53 bits per heavy atom. The number of benzene rings is 1. The molecule has 2 aromatic rings. The Morgan fingerprint density at radius 2 is 2.00 bits per heavy atom. The van der Waals surface area contributed by atoms with Crippen LogP contribution in [0.2, 0.25) is 9.36 Å². The lowest BCUT2D eigenvalue weighted by Gasteiger charge is -2.00. The zero-order valence-corrected chi connectivity index (χ0v) is 12.7. The van der Waals surface area contributed by atoms with Gasteiger partial charge >= 0.3 is 0 Å². The standard InChI is InChI=1S/C12H7BrCl2OS/c1-6-4-10(17-12(6)15)11(16)7-2-3-9(14)8(13)5-7/h2-5H,1H3. The number of thiophene rings is 1. The number of halogens is 3. The summed E-state index contributed by atoms with van der Waals surface area (Å²) in [6, 6.07) is 6.92. The third-order valence-electron chi connectivity index (χ3n) is 2.26. The largest absolute Gasteiger partial charge is 0.288 e. The third kappa shape index (κ3) is 2.74. The minimum atomic E-state index is -0.0395. The summed E-state index contributed by atoms with van der Waals surface area (Å²) in [4.78, 5) is 12.8. The Labute approximate surface area is 121 Å². The fourth-order valence-corrected chi connectivity index (χ4v) is 3.01. The molecule has 0 radical (unpaired) electrons. The minimum absolute atomic E-state index is 0.0395. The molecule has 0 saturated carbocycles. The first-order valence-electron chi connectivity index (χ1n) is 4.74. The van der Waals surface area contributed by atoms with E-state index in [2.05, 4.69) is 15.9 Å². The fourth-order valence-electron chi connectivity index (χ4n) is 1.35. The molecule has 1 heterocycles. The van der Waals surface area contributed by atoms with Crippen molar-refractivity contribution < 1.29 is 4.79 Å². The van der Waals surface area contributed by atoms with E-state index in [4.69, 9.17) is 23.2 Å².